The van der Waals surface area contributed by atoms with E-state index in [1.165, 1.54) is 11.1 Å². The molecule has 4 atom stereocenters. The Bertz CT molecular complexity index is 938. The van der Waals surface area contributed by atoms with Crippen LogP contribution in [-0.2, 0) is 9.53 Å². The number of Topliss-reactive ketones (excluding diaryl/α,β-unsaturated/α-hetero) is 1. The van der Waals surface area contributed by atoms with Crippen molar-refractivity contribution in [1.82, 2.24) is 9.80 Å². The summed E-state index contributed by atoms with van der Waals surface area (Å²) < 4.78 is 5.67. The first-order valence-electron chi connectivity index (χ1n) is 11.6. The van der Waals surface area contributed by atoms with E-state index in [0.29, 0.717) is 19.5 Å². The third kappa shape index (κ3) is 4.73. The second kappa shape index (κ2) is 9.07. The summed E-state index contributed by atoms with van der Waals surface area (Å²) in [7, 11) is 0. The van der Waals surface area contributed by atoms with E-state index in [1.807, 2.05) is 45.0 Å². The van der Waals surface area contributed by atoms with Crippen LogP contribution in [0.2, 0.25) is 0 Å². The van der Waals surface area contributed by atoms with Crippen LogP contribution < -0.4 is 0 Å². The van der Waals surface area contributed by atoms with Crippen molar-refractivity contribution >= 4 is 11.9 Å². The van der Waals surface area contributed by atoms with Gasteiger partial charge in [-0.05, 0) is 38.8 Å². The molecule has 0 unspecified atom stereocenters. The zero-order valence-electron chi connectivity index (χ0n) is 19.5. The van der Waals surface area contributed by atoms with Gasteiger partial charge in [-0.3, -0.25) is 9.69 Å². The molecule has 4 rings (SSSR count). The SMILES string of the molecule is C[C@H](c1ccccc1)N1C[C@@H](c2ccccc2)[C@@H]2C(=O)CCN(C(=O)OC(C)(C)C)C[C@H]21. The smallest absolute Gasteiger partial charge is 0.410 e. The molecule has 2 aliphatic heterocycles. The number of ketones is 1. The molecule has 2 aliphatic rings. The maximum absolute atomic E-state index is 13.4. The van der Waals surface area contributed by atoms with Crippen molar-refractivity contribution in [3.63, 3.8) is 0 Å². The molecule has 0 spiro atoms. The van der Waals surface area contributed by atoms with Gasteiger partial charge in [-0.2, -0.15) is 0 Å². The minimum Gasteiger partial charge on any atom is -0.444 e. The van der Waals surface area contributed by atoms with Crippen molar-refractivity contribution in [2.75, 3.05) is 19.6 Å². The van der Waals surface area contributed by atoms with Crippen molar-refractivity contribution in [3.05, 3.63) is 71.8 Å². The predicted octanol–water partition coefficient (Wildman–Crippen LogP) is 5.04. The molecule has 170 valence electrons. The first kappa shape index (κ1) is 22.5. The van der Waals surface area contributed by atoms with E-state index in [9.17, 15) is 9.59 Å². The van der Waals surface area contributed by atoms with Gasteiger partial charge in [0.2, 0.25) is 0 Å². The lowest BCUT2D eigenvalue weighted by molar-refractivity contribution is -0.123. The maximum Gasteiger partial charge on any atom is 0.410 e. The maximum atomic E-state index is 13.4. The highest BCUT2D eigenvalue weighted by atomic mass is 16.6. The predicted molar refractivity (Wildman–Crippen MR) is 125 cm³/mol. The van der Waals surface area contributed by atoms with Crippen LogP contribution in [0, 0.1) is 5.92 Å². The summed E-state index contributed by atoms with van der Waals surface area (Å²) in [6, 6.07) is 20.9. The number of rotatable bonds is 3. The molecule has 2 heterocycles. The largest absolute Gasteiger partial charge is 0.444 e. The van der Waals surface area contributed by atoms with Gasteiger partial charge >= 0.3 is 6.09 Å². The molecule has 0 aromatic heterocycles. The van der Waals surface area contributed by atoms with E-state index >= 15 is 0 Å². The molecule has 32 heavy (non-hydrogen) atoms. The molecule has 0 saturated carbocycles. The average molecular weight is 435 g/mol. The Morgan fingerprint density at radius 2 is 1.62 bits per heavy atom. The Morgan fingerprint density at radius 1 is 1.00 bits per heavy atom. The van der Waals surface area contributed by atoms with E-state index in [0.717, 1.165) is 6.54 Å². The summed E-state index contributed by atoms with van der Waals surface area (Å²) in [5.74, 6) is 0.243. The number of hydrogen-bond acceptors (Lipinski definition) is 4. The van der Waals surface area contributed by atoms with Gasteiger partial charge in [0.15, 0.2) is 0 Å². The lowest BCUT2D eigenvalue weighted by atomic mass is 9.82. The monoisotopic (exact) mass is 434 g/mol. The number of benzene rings is 2. The lowest BCUT2D eigenvalue weighted by Gasteiger charge is -2.35. The van der Waals surface area contributed by atoms with Gasteiger partial charge in [0.05, 0.1) is 0 Å². The van der Waals surface area contributed by atoms with Crippen LogP contribution in [0.4, 0.5) is 4.79 Å². The number of likely N-dealkylation sites (tertiary alicyclic amines) is 2. The third-order valence-corrected chi connectivity index (χ3v) is 6.75. The van der Waals surface area contributed by atoms with Crippen molar-refractivity contribution in [2.24, 2.45) is 5.92 Å². The fourth-order valence-electron chi connectivity index (χ4n) is 5.21. The van der Waals surface area contributed by atoms with Gasteiger partial charge in [0.1, 0.15) is 11.4 Å². The van der Waals surface area contributed by atoms with E-state index in [4.69, 9.17) is 4.74 Å². The summed E-state index contributed by atoms with van der Waals surface area (Å²) in [6.45, 7) is 9.54. The minimum absolute atomic E-state index is 0.0436. The van der Waals surface area contributed by atoms with E-state index in [1.54, 1.807) is 4.90 Å². The van der Waals surface area contributed by atoms with Crippen LogP contribution in [-0.4, -0.2) is 53.0 Å². The Morgan fingerprint density at radius 3 is 2.25 bits per heavy atom. The normalized spacial score (nSPS) is 25.2. The Balaban J connectivity index is 1.68. The molecule has 1 amide bonds. The zero-order chi connectivity index (χ0) is 22.9. The fourth-order valence-corrected chi connectivity index (χ4v) is 5.21. The average Bonchev–Trinajstić information content (AvgIpc) is 3.06. The van der Waals surface area contributed by atoms with Crippen LogP contribution in [0.25, 0.3) is 0 Å². The summed E-state index contributed by atoms with van der Waals surface area (Å²) >= 11 is 0. The van der Waals surface area contributed by atoms with Gasteiger partial charge < -0.3 is 9.64 Å². The molecule has 2 fully saturated rings. The highest BCUT2D eigenvalue weighted by molar-refractivity contribution is 5.84. The second-order valence-corrected chi connectivity index (χ2v) is 10.0. The number of hydrogen-bond donors (Lipinski definition) is 0. The van der Waals surface area contributed by atoms with Crippen LogP contribution in [0.1, 0.15) is 57.2 Å². The molecule has 5 heteroatoms. The minimum atomic E-state index is -0.563. The van der Waals surface area contributed by atoms with Gasteiger partial charge in [0, 0.05) is 50.0 Å². The number of nitrogens with zero attached hydrogens (tertiary/aromatic N) is 2. The summed E-state index contributed by atoms with van der Waals surface area (Å²) in [6.07, 6.45) is 0.0403. The van der Waals surface area contributed by atoms with E-state index in [-0.39, 0.29) is 35.8 Å². The molecular weight excluding hydrogens is 400 g/mol. The molecule has 0 N–H and O–H groups in total. The Hall–Kier alpha value is -2.66. The molecule has 0 aliphatic carbocycles. The highest BCUT2D eigenvalue weighted by Crippen LogP contribution is 2.44. The zero-order valence-corrected chi connectivity index (χ0v) is 19.5. The summed E-state index contributed by atoms with van der Waals surface area (Å²) in [5.41, 5.74) is 1.86. The molecule has 5 nitrogen and oxygen atoms in total. The van der Waals surface area contributed by atoms with E-state index in [2.05, 4.69) is 48.2 Å². The molecule has 0 radical (unpaired) electrons. The Kier molecular flexibility index (Phi) is 6.38. The molecule has 2 aromatic rings. The van der Waals surface area contributed by atoms with Gasteiger partial charge in [-0.15, -0.1) is 0 Å². The number of fused-ring (bicyclic) bond motifs is 1. The van der Waals surface area contributed by atoms with Gasteiger partial charge in [-0.1, -0.05) is 60.7 Å². The molecule has 2 saturated heterocycles. The number of ether oxygens (including phenoxy) is 1. The second-order valence-electron chi connectivity index (χ2n) is 10.0. The van der Waals surface area contributed by atoms with Gasteiger partial charge in [0.25, 0.3) is 0 Å². The van der Waals surface area contributed by atoms with Crippen LogP contribution in [0.15, 0.2) is 60.7 Å². The van der Waals surface area contributed by atoms with Crippen LogP contribution in [0.5, 0.6) is 0 Å². The third-order valence-electron chi connectivity index (χ3n) is 6.75. The van der Waals surface area contributed by atoms with Crippen molar-refractivity contribution in [1.29, 1.82) is 0 Å². The first-order valence-corrected chi connectivity index (χ1v) is 11.6. The topological polar surface area (TPSA) is 49.9 Å². The van der Waals surface area contributed by atoms with Crippen LogP contribution >= 0.6 is 0 Å². The van der Waals surface area contributed by atoms with Crippen molar-refractivity contribution in [3.8, 4) is 0 Å². The molecule has 0 bridgehead atoms. The standard InChI is InChI=1S/C27H34N2O3/c1-19(20-11-7-5-8-12-20)29-17-22(21-13-9-6-10-14-21)25-23(29)18-28(16-15-24(25)30)26(31)32-27(2,3)4/h5-14,19,22-23,25H,15-18H2,1-4H3/t19-,22+,23-,25+/m1/s1. The highest BCUT2D eigenvalue weighted by Gasteiger charge is 2.50. The fraction of sp³-hybridized carbons (Fsp3) is 0.481. The van der Waals surface area contributed by atoms with Crippen LogP contribution in [0.3, 0.4) is 0 Å². The van der Waals surface area contributed by atoms with Crippen molar-refractivity contribution in [2.45, 2.75) is 57.7 Å². The summed E-state index contributed by atoms with van der Waals surface area (Å²) in [5, 5.41) is 0. The summed E-state index contributed by atoms with van der Waals surface area (Å²) in [4.78, 5) is 30.5. The van der Waals surface area contributed by atoms with Crippen molar-refractivity contribution < 1.29 is 14.3 Å². The lowest BCUT2D eigenvalue weighted by Crippen LogP contribution is -2.46. The number of carbonyl (C=O) groups is 2. The molecule has 2 aromatic carbocycles. The number of carbonyl (C=O) groups excluding carboxylic acids is 2. The van der Waals surface area contributed by atoms with Gasteiger partial charge in [-0.25, -0.2) is 4.79 Å². The first-order chi connectivity index (χ1) is 15.2. The van der Waals surface area contributed by atoms with E-state index < -0.39 is 5.60 Å². The number of amides is 1. The Labute approximate surface area is 191 Å². The molecular formula is C27H34N2O3. The quantitative estimate of drug-likeness (QED) is 0.679.